The number of rotatable bonds is 10. The van der Waals surface area contributed by atoms with E-state index in [1.165, 1.54) is 0 Å². The standard InChI is InChI=1S/C23H33BrN6O2/c1-15(2)26-22(31)18-6-5-7-20(18)28-21-19(24)14-25-23(29-21)27-16-8-10-17(11-9-16)32-13-12-30(3)4/h8-11,14-15,18,20H,5-7,12-13H2,1-4H3,(H,26,31)(H2,25,27,28,29)/t18-,20+/m0/s1. The van der Waals surface area contributed by atoms with Crippen molar-refractivity contribution in [2.75, 3.05) is 37.9 Å². The van der Waals surface area contributed by atoms with Crippen molar-refractivity contribution in [3.63, 3.8) is 0 Å². The molecular weight excluding hydrogens is 472 g/mol. The molecule has 0 unspecified atom stereocenters. The second-order valence-corrected chi connectivity index (χ2v) is 9.50. The van der Waals surface area contributed by atoms with Crippen molar-refractivity contribution < 1.29 is 9.53 Å². The number of halogens is 1. The molecule has 1 fully saturated rings. The highest BCUT2D eigenvalue weighted by Gasteiger charge is 2.33. The van der Waals surface area contributed by atoms with Crippen LogP contribution in [-0.4, -0.2) is 60.1 Å². The number of amides is 1. The molecule has 2 aromatic rings. The van der Waals surface area contributed by atoms with Gasteiger partial charge in [-0.2, -0.15) is 4.98 Å². The Bertz CT molecular complexity index is 891. The normalized spacial score (nSPS) is 18.1. The molecule has 1 aromatic carbocycles. The van der Waals surface area contributed by atoms with E-state index < -0.39 is 0 Å². The highest BCUT2D eigenvalue weighted by atomic mass is 79.9. The van der Waals surface area contributed by atoms with Crippen molar-refractivity contribution >= 4 is 39.3 Å². The van der Waals surface area contributed by atoms with Gasteiger partial charge in [-0.15, -0.1) is 0 Å². The van der Waals surface area contributed by atoms with Gasteiger partial charge >= 0.3 is 0 Å². The number of nitrogens with one attached hydrogen (secondary N) is 3. The number of benzene rings is 1. The van der Waals surface area contributed by atoms with Crippen molar-refractivity contribution in [3.05, 3.63) is 34.9 Å². The van der Waals surface area contributed by atoms with Crippen molar-refractivity contribution in [2.24, 2.45) is 5.92 Å². The summed E-state index contributed by atoms with van der Waals surface area (Å²) >= 11 is 3.53. The van der Waals surface area contributed by atoms with Crippen molar-refractivity contribution in [3.8, 4) is 5.75 Å². The molecule has 174 valence electrons. The minimum absolute atomic E-state index is 0.0476. The second kappa shape index (κ2) is 11.5. The van der Waals surface area contributed by atoms with Gasteiger partial charge < -0.3 is 25.6 Å². The van der Waals surface area contributed by atoms with Gasteiger partial charge in [0.25, 0.3) is 0 Å². The molecule has 1 saturated carbocycles. The largest absolute Gasteiger partial charge is 0.492 e. The molecule has 0 bridgehead atoms. The summed E-state index contributed by atoms with van der Waals surface area (Å²) in [6.45, 7) is 5.47. The summed E-state index contributed by atoms with van der Waals surface area (Å²) in [5.74, 6) is 2.03. The number of carbonyl (C=O) groups excluding carboxylic acids is 1. The first kappa shape index (κ1) is 24.3. The van der Waals surface area contributed by atoms with E-state index >= 15 is 0 Å². The highest BCUT2D eigenvalue weighted by Crippen LogP contribution is 2.31. The lowest BCUT2D eigenvalue weighted by Crippen LogP contribution is -2.41. The lowest BCUT2D eigenvalue weighted by atomic mass is 10.0. The summed E-state index contributed by atoms with van der Waals surface area (Å²) in [6.07, 6.45) is 4.55. The van der Waals surface area contributed by atoms with E-state index in [1.54, 1.807) is 6.20 Å². The molecule has 9 heteroatoms. The molecule has 3 rings (SSSR count). The molecule has 1 aromatic heterocycles. The molecule has 0 aliphatic heterocycles. The molecular formula is C23H33BrN6O2. The van der Waals surface area contributed by atoms with Crippen LogP contribution in [0.1, 0.15) is 33.1 Å². The third kappa shape index (κ3) is 7.06. The summed E-state index contributed by atoms with van der Waals surface area (Å²) in [7, 11) is 4.04. The Morgan fingerprint density at radius 3 is 2.69 bits per heavy atom. The molecule has 3 N–H and O–H groups in total. The maximum absolute atomic E-state index is 12.6. The number of ether oxygens (including phenoxy) is 1. The SMILES string of the molecule is CC(C)NC(=O)[C@H]1CCC[C@H]1Nc1nc(Nc2ccc(OCCN(C)C)cc2)ncc1Br. The molecule has 32 heavy (non-hydrogen) atoms. The number of nitrogens with zero attached hydrogens (tertiary/aromatic N) is 3. The number of anilines is 3. The lowest BCUT2D eigenvalue weighted by Gasteiger charge is -2.22. The molecule has 0 spiro atoms. The molecule has 1 amide bonds. The van der Waals surface area contributed by atoms with E-state index in [-0.39, 0.29) is 23.9 Å². The zero-order chi connectivity index (χ0) is 23.1. The lowest BCUT2D eigenvalue weighted by molar-refractivity contribution is -0.125. The van der Waals surface area contributed by atoms with E-state index in [2.05, 4.69) is 46.7 Å². The van der Waals surface area contributed by atoms with Gasteiger partial charge in [-0.25, -0.2) is 4.98 Å². The fraction of sp³-hybridized carbons (Fsp3) is 0.522. The summed E-state index contributed by atoms with van der Waals surface area (Å²) in [5.41, 5.74) is 0.869. The van der Waals surface area contributed by atoms with Crippen molar-refractivity contribution in [2.45, 2.75) is 45.2 Å². The van der Waals surface area contributed by atoms with Gasteiger partial charge in [-0.1, -0.05) is 6.42 Å². The summed E-state index contributed by atoms with van der Waals surface area (Å²) in [6, 6.07) is 7.90. The van der Waals surface area contributed by atoms with Crippen LogP contribution in [0.5, 0.6) is 5.75 Å². The predicted molar refractivity (Wildman–Crippen MR) is 132 cm³/mol. The van der Waals surface area contributed by atoms with Crippen LogP contribution in [0.3, 0.4) is 0 Å². The average Bonchev–Trinajstić information content (AvgIpc) is 3.19. The van der Waals surface area contributed by atoms with E-state index in [1.807, 2.05) is 52.2 Å². The van der Waals surface area contributed by atoms with Crippen LogP contribution in [0.4, 0.5) is 17.5 Å². The Morgan fingerprint density at radius 1 is 1.25 bits per heavy atom. The maximum Gasteiger partial charge on any atom is 0.229 e. The van der Waals surface area contributed by atoms with Crippen LogP contribution in [0.2, 0.25) is 0 Å². The monoisotopic (exact) mass is 504 g/mol. The minimum Gasteiger partial charge on any atom is -0.492 e. The average molecular weight is 505 g/mol. The summed E-state index contributed by atoms with van der Waals surface area (Å²) in [4.78, 5) is 23.6. The van der Waals surface area contributed by atoms with Crippen LogP contribution >= 0.6 is 15.9 Å². The molecule has 1 aliphatic rings. The van der Waals surface area contributed by atoms with Crippen molar-refractivity contribution in [1.82, 2.24) is 20.2 Å². The Morgan fingerprint density at radius 2 is 2.00 bits per heavy atom. The van der Waals surface area contributed by atoms with Crippen LogP contribution < -0.4 is 20.7 Å². The van der Waals surface area contributed by atoms with E-state index in [0.29, 0.717) is 18.4 Å². The third-order valence-corrected chi connectivity index (χ3v) is 5.85. The van der Waals surface area contributed by atoms with Gasteiger partial charge in [0.1, 0.15) is 18.2 Å². The Labute approximate surface area is 198 Å². The fourth-order valence-electron chi connectivity index (χ4n) is 3.65. The topological polar surface area (TPSA) is 91.4 Å². The molecule has 2 atom stereocenters. The zero-order valence-electron chi connectivity index (χ0n) is 19.2. The molecule has 1 heterocycles. The van der Waals surface area contributed by atoms with Gasteiger partial charge in [0, 0.05) is 30.5 Å². The maximum atomic E-state index is 12.6. The second-order valence-electron chi connectivity index (χ2n) is 8.64. The quantitative estimate of drug-likeness (QED) is 0.449. The number of aromatic nitrogens is 2. The minimum atomic E-state index is -0.0595. The first-order valence-electron chi connectivity index (χ1n) is 11.1. The Hall–Kier alpha value is -2.39. The number of carbonyl (C=O) groups is 1. The Kier molecular flexibility index (Phi) is 8.69. The predicted octanol–water partition coefficient (Wildman–Crippen LogP) is 4.03. The third-order valence-electron chi connectivity index (χ3n) is 5.27. The molecule has 8 nitrogen and oxygen atoms in total. The van der Waals surface area contributed by atoms with Crippen molar-refractivity contribution in [1.29, 1.82) is 0 Å². The van der Waals surface area contributed by atoms with E-state index in [9.17, 15) is 4.79 Å². The smallest absolute Gasteiger partial charge is 0.229 e. The van der Waals surface area contributed by atoms with Crippen LogP contribution in [-0.2, 0) is 4.79 Å². The van der Waals surface area contributed by atoms with Crippen LogP contribution in [0, 0.1) is 5.92 Å². The van der Waals surface area contributed by atoms with E-state index in [0.717, 1.165) is 41.7 Å². The number of hydrogen-bond donors (Lipinski definition) is 3. The van der Waals surface area contributed by atoms with Crippen LogP contribution in [0.15, 0.2) is 34.9 Å². The van der Waals surface area contributed by atoms with Gasteiger partial charge in [-0.05, 0) is 81.0 Å². The van der Waals surface area contributed by atoms with Gasteiger partial charge in [0.05, 0.1) is 10.4 Å². The van der Waals surface area contributed by atoms with Gasteiger partial charge in [0.15, 0.2) is 0 Å². The van der Waals surface area contributed by atoms with E-state index in [4.69, 9.17) is 4.74 Å². The van der Waals surface area contributed by atoms with Gasteiger partial charge in [0.2, 0.25) is 11.9 Å². The number of likely N-dealkylation sites (N-methyl/N-ethyl adjacent to an activating group) is 1. The Balaban J connectivity index is 1.62. The number of hydrogen-bond acceptors (Lipinski definition) is 7. The molecule has 0 saturated heterocycles. The van der Waals surface area contributed by atoms with Crippen LogP contribution in [0.25, 0.3) is 0 Å². The highest BCUT2D eigenvalue weighted by molar-refractivity contribution is 9.10. The first-order chi connectivity index (χ1) is 15.3. The summed E-state index contributed by atoms with van der Waals surface area (Å²) in [5, 5.41) is 9.72. The molecule has 1 aliphatic carbocycles. The molecule has 0 radical (unpaired) electrons. The first-order valence-corrected chi connectivity index (χ1v) is 11.8. The fourth-order valence-corrected chi connectivity index (χ4v) is 3.96. The van der Waals surface area contributed by atoms with Gasteiger partial charge in [-0.3, -0.25) is 4.79 Å². The zero-order valence-corrected chi connectivity index (χ0v) is 20.8. The summed E-state index contributed by atoms with van der Waals surface area (Å²) < 4.78 is 6.50.